The zero-order valence-corrected chi connectivity index (χ0v) is 21.5. The normalized spacial score (nSPS) is 30.7. The molecular formula is C29H34N2O6. The highest BCUT2D eigenvalue weighted by Crippen LogP contribution is 2.63. The van der Waals surface area contributed by atoms with E-state index in [4.69, 9.17) is 9.47 Å². The molecule has 196 valence electrons. The molecule has 0 unspecified atom stereocenters. The van der Waals surface area contributed by atoms with Crippen LogP contribution >= 0.6 is 0 Å². The van der Waals surface area contributed by atoms with E-state index < -0.39 is 23.0 Å². The van der Waals surface area contributed by atoms with Crippen LogP contribution in [0.25, 0.3) is 0 Å². The molecule has 2 fully saturated rings. The molecule has 1 spiro atoms. The van der Waals surface area contributed by atoms with E-state index in [2.05, 4.69) is 10.2 Å². The van der Waals surface area contributed by atoms with Gasteiger partial charge in [-0.25, -0.2) is 0 Å². The van der Waals surface area contributed by atoms with Gasteiger partial charge in [-0.1, -0.05) is 12.1 Å². The van der Waals surface area contributed by atoms with Gasteiger partial charge in [-0.2, -0.15) is 0 Å². The first-order valence-corrected chi connectivity index (χ1v) is 13.0. The number of fused-ring (bicyclic) bond motifs is 1. The number of piperidine rings is 1. The Hall–Kier alpha value is -3.23. The van der Waals surface area contributed by atoms with Crippen LogP contribution in [0.2, 0.25) is 0 Å². The van der Waals surface area contributed by atoms with Gasteiger partial charge in [-0.05, 0) is 75.8 Å². The van der Waals surface area contributed by atoms with Crippen LogP contribution in [-0.2, 0) is 16.6 Å². The molecule has 1 amide bonds. The number of rotatable bonds is 6. The van der Waals surface area contributed by atoms with Crippen molar-refractivity contribution in [2.45, 2.75) is 62.7 Å². The van der Waals surface area contributed by atoms with Crippen molar-refractivity contribution in [1.29, 1.82) is 0 Å². The molecule has 8 nitrogen and oxygen atoms in total. The number of aliphatic hydroxyl groups excluding tert-OH is 1. The number of aromatic hydroxyl groups is 1. The maximum Gasteiger partial charge on any atom is 0.254 e. The van der Waals surface area contributed by atoms with Crippen molar-refractivity contribution in [2.75, 3.05) is 25.5 Å². The number of benzene rings is 2. The summed E-state index contributed by atoms with van der Waals surface area (Å²) in [6.07, 6.45) is 2.61. The first-order valence-electron chi connectivity index (χ1n) is 13.0. The van der Waals surface area contributed by atoms with Gasteiger partial charge in [0.15, 0.2) is 17.6 Å². The fourth-order valence-electron chi connectivity index (χ4n) is 6.81. The average molecular weight is 507 g/mol. The van der Waals surface area contributed by atoms with Gasteiger partial charge in [0, 0.05) is 29.9 Å². The average Bonchev–Trinajstić information content (AvgIpc) is 3.62. The van der Waals surface area contributed by atoms with Gasteiger partial charge in [-0.3, -0.25) is 9.69 Å². The zero-order valence-electron chi connectivity index (χ0n) is 21.5. The van der Waals surface area contributed by atoms with E-state index in [1.807, 2.05) is 13.0 Å². The number of aliphatic hydroxyl groups is 2. The smallest absolute Gasteiger partial charge is 0.254 e. The molecular weight excluding hydrogens is 472 g/mol. The number of phenolic OH excluding ortho intramolecular Hbond substituents is 1. The predicted octanol–water partition coefficient (Wildman–Crippen LogP) is 3.66. The van der Waals surface area contributed by atoms with E-state index in [1.54, 1.807) is 44.4 Å². The highest BCUT2D eigenvalue weighted by molar-refractivity contribution is 6.03. The number of hydrogen-bond donors (Lipinski definition) is 4. The molecule has 1 saturated heterocycles. The van der Waals surface area contributed by atoms with E-state index in [0.29, 0.717) is 35.9 Å². The Labute approximate surface area is 216 Å². The van der Waals surface area contributed by atoms with E-state index in [0.717, 1.165) is 24.2 Å². The molecule has 0 aromatic heterocycles. The van der Waals surface area contributed by atoms with Crippen LogP contribution in [0.15, 0.2) is 47.7 Å². The number of anilines is 1. The van der Waals surface area contributed by atoms with Crippen LogP contribution in [0.3, 0.4) is 0 Å². The summed E-state index contributed by atoms with van der Waals surface area (Å²) in [4.78, 5) is 15.6. The molecule has 2 aromatic carbocycles. The second-order valence-corrected chi connectivity index (χ2v) is 11.2. The van der Waals surface area contributed by atoms with Gasteiger partial charge in [0.05, 0.1) is 23.7 Å². The van der Waals surface area contributed by atoms with Gasteiger partial charge in [0.1, 0.15) is 11.5 Å². The number of carbonyl (C=O) groups excluding carboxylic acids is 1. The van der Waals surface area contributed by atoms with Gasteiger partial charge in [0.2, 0.25) is 0 Å². The summed E-state index contributed by atoms with van der Waals surface area (Å²) < 4.78 is 11.5. The molecule has 2 aliphatic heterocycles. The first kappa shape index (κ1) is 24.1. The molecule has 2 bridgehead atoms. The van der Waals surface area contributed by atoms with Crippen LogP contribution in [0.4, 0.5) is 5.69 Å². The first-order chi connectivity index (χ1) is 17.7. The Morgan fingerprint density at radius 1 is 1.27 bits per heavy atom. The fraction of sp³-hybridized carbons (Fsp3) is 0.483. The number of carbonyl (C=O) groups is 1. The highest BCUT2D eigenvalue weighted by Gasteiger charge is 2.69. The van der Waals surface area contributed by atoms with E-state index in [-0.39, 0.29) is 23.1 Å². The third-order valence-electron chi connectivity index (χ3n) is 9.04. The van der Waals surface area contributed by atoms with E-state index in [1.165, 1.54) is 12.8 Å². The quantitative estimate of drug-likeness (QED) is 0.350. The molecule has 4 aliphatic rings. The third kappa shape index (κ3) is 3.53. The number of ether oxygens (including phenoxy) is 2. The van der Waals surface area contributed by atoms with E-state index in [9.17, 15) is 20.1 Å². The Bertz CT molecular complexity index is 1300. The minimum Gasteiger partial charge on any atom is -0.508 e. The molecule has 2 heterocycles. The summed E-state index contributed by atoms with van der Waals surface area (Å²) in [5.74, 6) is 0.823. The number of amides is 1. The lowest BCUT2D eigenvalue weighted by atomic mass is 9.53. The van der Waals surface area contributed by atoms with Gasteiger partial charge >= 0.3 is 0 Å². The van der Waals surface area contributed by atoms with Crippen LogP contribution in [0.1, 0.15) is 44.2 Å². The Kier molecular flexibility index (Phi) is 5.47. The zero-order chi connectivity index (χ0) is 26.1. The molecule has 37 heavy (non-hydrogen) atoms. The molecule has 4 atom stereocenters. The van der Waals surface area contributed by atoms with Crippen LogP contribution in [0, 0.1) is 5.92 Å². The minimum absolute atomic E-state index is 0.0263. The van der Waals surface area contributed by atoms with Crippen LogP contribution in [0.5, 0.6) is 17.2 Å². The van der Waals surface area contributed by atoms with Gasteiger partial charge < -0.3 is 30.1 Å². The number of nitrogens with zero attached hydrogens (tertiary/aromatic N) is 1. The van der Waals surface area contributed by atoms with Gasteiger partial charge in [0.25, 0.3) is 5.91 Å². The molecule has 2 aliphatic carbocycles. The second-order valence-electron chi connectivity index (χ2n) is 11.2. The topological polar surface area (TPSA) is 111 Å². The van der Waals surface area contributed by atoms with E-state index >= 15 is 0 Å². The summed E-state index contributed by atoms with van der Waals surface area (Å²) in [5.41, 5.74) is 0.142. The minimum atomic E-state index is -1.26. The maximum atomic E-state index is 13.2. The maximum absolute atomic E-state index is 13.2. The van der Waals surface area contributed by atoms with Crippen molar-refractivity contribution >= 4 is 11.6 Å². The third-order valence-corrected chi connectivity index (χ3v) is 9.04. The Morgan fingerprint density at radius 3 is 2.78 bits per heavy atom. The van der Waals surface area contributed by atoms with Crippen molar-refractivity contribution in [3.63, 3.8) is 0 Å². The van der Waals surface area contributed by atoms with Crippen LogP contribution in [-0.4, -0.2) is 64.1 Å². The monoisotopic (exact) mass is 506 g/mol. The molecule has 1 saturated carbocycles. The lowest BCUT2D eigenvalue weighted by Gasteiger charge is -2.59. The van der Waals surface area contributed by atoms with Crippen molar-refractivity contribution in [3.8, 4) is 17.2 Å². The van der Waals surface area contributed by atoms with Crippen molar-refractivity contribution < 1.29 is 29.6 Å². The van der Waals surface area contributed by atoms with Crippen molar-refractivity contribution in [1.82, 2.24) is 4.90 Å². The largest absolute Gasteiger partial charge is 0.508 e. The number of phenols is 1. The Morgan fingerprint density at radius 2 is 2.05 bits per heavy atom. The predicted molar refractivity (Wildman–Crippen MR) is 138 cm³/mol. The Balaban J connectivity index is 1.40. The molecule has 6 rings (SSSR count). The summed E-state index contributed by atoms with van der Waals surface area (Å²) in [7, 11) is 1.55. The highest BCUT2D eigenvalue weighted by atomic mass is 16.5. The molecule has 4 N–H and O–H groups in total. The molecule has 0 radical (unpaired) electrons. The van der Waals surface area contributed by atoms with Crippen LogP contribution < -0.4 is 14.8 Å². The standard InChI is InChI=1S/C29H34N2O6/c1-16(27(34)30-19-5-4-6-20(14-19)36-3)24(33)26-29-11-12-31(15-17-7-8-17)22(28(29,2)35)13-18-9-10-21(32)25(37-26)23(18)29/h4-6,9-10,14,17,22,26,32-33,35H,7-8,11-13,15H2,1-3H3,(H,30,34)/b24-16-/t22-,26+,28-,29+/m1/s1. The lowest BCUT2D eigenvalue weighted by Crippen LogP contribution is -2.73. The second kappa shape index (κ2) is 8.39. The van der Waals surface area contributed by atoms with Gasteiger partial charge in [-0.15, -0.1) is 0 Å². The SMILES string of the molecule is COc1cccc(NC(=O)/C(C)=C(\O)[C@@H]2Oc3c(O)ccc4c3[C@@]23CCN(CC2CC2)[C@H](C4)[C@@]3(C)O)c1. The number of hydrogen-bond acceptors (Lipinski definition) is 7. The fourth-order valence-corrected chi connectivity index (χ4v) is 6.81. The molecule has 2 aromatic rings. The number of likely N-dealkylation sites (tertiary alicyclic amines) is 1. The van der Waals surface area contributed by atoms with Crippen molar-refractivity contribution in [3.05, 3.63) is 58.9 Å². The molecule has 8 heteroatoms. The summed E-state index contributed by atoms with van der Waals surface area (Å²) >= 11 is 0. The van der Waals surface area contributed by atoms with Crippen molar-refractivity contribution in [2.24, 2.45) is 5.92 Å². The summed E-state index contributed by atoms with van der Waals surface area (Å²) in [5, 5.41) is 37.4. The summed E-state index contributed by atoms with van der Waals surface area (Å²) in [6.45, 7) is 5.07. The lowest BCUT2D eigenvalue weighted by molar-refractivity contribution is -0.153. The number of nitrogens with one attached hydrogen (secondary N) is 1. The number of methoxy groups -OCH3 is 1. The summed E-state index contributed by atoms with van der Waals surface area (Å²) in [6, 6.07) is 10.3.